The highest BCUT2D eigenvalue weighted by molar-refractivity contribution is 7.09. The number of hydrogen-bond acceptors (Lipinski definition) is 4. The second kappa shape index (κ2) is 6.58. The van der Waals surface area contributed by atoms with Crippen molar-refractivity contribution in [2.45, 2.75) is 39.7 Å². The van der Waals surface area contributed by atoms with Crippen molar-refractivity contribution < 1.29 is 4.74 Å². The van der Waals surface area contributed by atoms with Crippen LogP contribution in [0.4, 0.5) is 0 Å². The maximum Gasteiger partial charge on any atom is 0.121 e. The SMILES string of the molecule is COc1ccc(-c2csc(CCNC(C)(C)C)n2)cc1C. The molecule has 1 aromatic carbocycles. The molecule has 4 heteroatoms. The summed E-state index contributed by atoms with van der Waals surface area (Å²) < 4.78 is 5.30. The predicted molar refractivity (Wildman–Crippen MR) is 90.3 cm³/mol. The Labute approximate surface area is 131 Å². The fourth-order valence-electron chi connectivity index (χ4n) is 2.14. The van der Waals surface area contributed by atoms with E-state index in [0.717, 1.165) is 35.5 Å². The first-order valence-electron chi connectivity index (χ1n) is 7.23. The number of ether oxygens (including phenoxy) is 1. The van der Waals surface area contributed by atoms with Crippen LogP contribution in [0.2, 0.25) is 0 Å². The molecule has 2 aromatic rings. The molecule has 1 heterocycles. The van der Waals surface area contributed by atoms with Crippen LogP contribution in [0, 0.1) is 6.92 Å². The Morgan fingerprint density at radius 1 is 1.29 bits per heavy atom. The first-order valence-corrected chi connectivity index (χ1v) is 8.11. The van der Waals surface area contributed by atoms with E-state index < -0.39 is 0 Å². The highest BCUT2D eigenvalue weighted by Crippen LogP contribution is 2.27. The van der Waals surface area contributed by atoms with Crippen LogP contribution >= 0.6 is 11.3 Å². The molecule has 114 valence electrons. The maximum atomic E-state index is 5.30. The lowest BCUT2D eigenvalue weighted by Crippen LogP contribution is -2.37. The summed E-state index contributed by atoms with van der Waals surface area (Å²) in [5.41, 5.74) is 3.50. The van der Waals surface area contributed by atoms with Gasteiger partial charge in [-0.3, -0.25) is 0 Å². The lowest BCUT2D eigenvalue weighted by molar-refractivity contribution is 0.412. The van der Waals surface area contributed by atoms with E-state index >= 15 is 0 Å². The molecule has 0 unspecified atom stereocenters. The molecule has 0 radical (unpaired) electrons. The summed E-state index contributed by atoms with van der Waals surface area (Å²) in [5, 5.41) is 6.80. The molecule has 0 saturated carbocycles. The van der Waals surface area contributed by atoms with Gasteiger partial charge in [0.25, 0.3) is 0 Å². The number of nitrogens with one attached hydrogen (secondary N) is 1. The Balaban J connectivity index is 2.04. The molecule has 0 bridgehead atoms. The van der Waals surface area contributed by atoms with Crippen molar-refractivity contribution in [2.24, 2.45) is 0 Å². The van der Waals surface area contributed by atoms with Crippen LogP contribution < -0.4 is 10.1 Å². The zero-order chi connectivity index (χ0) is 15.5. The highest BCUT2D eigenvalue weighted by atomic mass is 32.1. The van der Waals surface area contributed by atoms with Crippen molar-refractivity contribution in [1.82, 2.24) is 10.3 Å². The predicted octanol–water partition coefficient (Wildman–Crippen LogP) is 4.06. The van der Waals surface area contributed by atoms with Gasteiger partial charge in [0, 0.05) is 29.4 Å². The van der Waals surface area contributed by atoms with Crippen LogP contribution in [-0.4, -0.2) is 24.2 Å². The normalized spacial score (nSPS) is 11.7. The molecule has 0 saturated heterocycles. The average Bonchev–Trinajstić information content (AvgIpc) is 2.86. The summed E-state index contributed by atoms with van der Waals surface area (Å²) in [7, 11) is 1.70. The number of hydrogen-bond donors (Lipinski definition) is 1. The second-order valence-corrected chi connectivity index (χ2v) is 7.18. The van der Waals surface area contributed by atoms with Crippen LogP contribution in [0.3, 0.4) is 0 Å². The first kappa shape index (κ1) is 16.0. The summed E-state index contributed by atoms with van der Waals surface area (Å²) in [6.45, 7) is 9.56. The van der Waals surface area contributed by atoms with Crippen molar-refractivity contribution in [3.8, 4) is 17.0 Å². The zero-order valence-electron chi connectivity index (χ0n) is 13.5. The number of aromatic nitrogens is 1. The third-order valence-corrected chi connectivity index (χ3v) is 4.15. The van der Waals surface area contributed by atoms with Gasteiger partial charge in [-0.15, -0.1) is 11.3 Å². The minimum absolute atomic E-state index is 0.160. The average molecular weight is 304 g/mol. The van der Waals surface area contributed by atoms with E-state index in [1.807, 2.05) is 6.07 Å². The number of thiazole rings is 1. The van der Waals surface area contributed by atoms with Crippen LogP contribution in [0.15, 0.2) is 23.6 Å². The summed E-state index contributed by atoms with van der Waals surface area (Å²) >= 11 is 1.73. The Bertz CT molecular complexity index is 599. The van der Waals surface area contributed by atoms with Crippen LogP contribution in [-0.2, 0) is 6.42 Å². The monoisotopic (exact) mass is 304 g/mol. The van der Waals surface area contributed by atoms with Gasteiger partial charge in [0.2, 0.25) is 0 Å². The van der Waals surface area contributed by atoms with Crippen molar-refractivity contribution >= 4 is 11.3 Å². The van der Waals surface area contributed by atoms with Gasteiger partial charge in [0.15, 0.2) is 0 Å². The number of benzene rings is 1. The van der Waals surface area contributed by atoms with E-state index in [1.54, 1.807) is 18.4 Å². The third-order valence-electron chi connectivity index (χ3n) is 3.24. The Kier molecular flexibility index (Phi) is 5.01. The molecule has 21 heavy (non-hydrogen) atoms. The van der Waals surface area contributed by atoms with E-state index in [1.165, 1.54) is 5.01 Å². The summed E-state index contributed by atoms with van der Waals surface area (Å²) in [5.74, 6) is 0.920. The van der Waals surface area contributed by atoms with Gasteiger partial charge in [-0.1, -0.05) is 0 Å². The molecule has 0 amide bonds. The molecule has 0 atom stereocenters. The van der Waals surface area contributed by atoms with Gasteiger partial charge in [0.05, 0.1) is 17.8 Å². The van der Waals surface area contributed by atoms with Crippen molar-refractivity contribution in [3.05, 3.63) is 34.2 Å². The zero-order valence-corrected chi connectivity index (χ0v) is 14.3. The molecular weight excluding hydrogens is 280 g/mol. The lowest BCUT2D eigenvalue weighted by atomic mass is 10.1. The molecule has 1 aromatic heterocycles. The van der Waals surface area contributed by atoms with Gasteiger partial charge in [-0.25, -0.2) is 4.98 Å². The van der Waals surface area contributed by atoms with Gasteiger partial charge >= 0.3 is 0 Å². The van der Waals surface area contributed by atoms with Crippen LogP contribution in [0.25, 0.3) is 11.3 Å². The van der Waals surface area contributed by atoms with Crippen molar-refractivity contribution in [1.29, 1.82) is 0 Å². The summed E-state index contributed by atoms with van der Waals surface area (Å²) in [4.78, 5) is 4.73. The lowest BCUT2D eigenvalue weighted by Gasteiger charge is -2.19. The molecule has 3 nitrogen and oxygen atoms in total. The van der Waals surface area contributed by atoms with E-state index in [4.69, 9.17) is 9.72 Å². The van der Waals surface area contributed by atoms with E-state index in [2.05, 4.69) is 50.5 Å². The highest BCUT2D eigenvalue weighted by Gasteiger charge is 2.10. The second-order valence-electron chi connectivity index (χ2n) is 6.24. The molecule has 0 spiro atoms. The van der Waals surface area contributed by atoms with E-state index in [9.17, 15) is 0 Å². The minimum atomic E-state index is 0.160. The quantitative estimate of drug-likeness (QED) is 0.904. The standard InChI is InChI=1S/C17H24N2OS/c1-12-10-13(6-7-15(12)20-5)14-11-21-16(19-14)8-9-18-17(2,3)4/h6-7,10-11,18H,8-9H2,1-5H3. The third kappa shape index (κ3) is 4.55. The van der Waals surface area contributed by atoms with Crippen LogP contribution in [0.1, 0.15) is 31.3 Å². The Hall–Kier alpha value is -1.39. The van der Waals surface area contributed by atoms with Crippen molar-refractivity contribution in [2.75, 3.05) is 13.7 Å². The van der Waals surface area contributed by atoms with Gasteiger partial charge in [-0.2, -0.15) is 0 Å². The molecule has 2 rings (SSSR count). The molecule has 1 N–H and O–H groups in total. The van der Waals surface area contributed by atoms with E-state index in [-0.39, 0.29) is 5.54 Å². The molecule has 0 aliphatic rings. The van der Waals surface area contributed by atoms with E-state index in [0.29, 0.717) is 0 Å². The summed E-state index contributed by atoms with van der Waals surface area (Å²) in [6, 6.07) is 6.20. The van der Waals surface area contributed by atoms with Gasteiger partial charge < -0.3 is 10.1 Å². The fourth-order valence-corrected chi connectivity index (χ4v) is 2.95. The first-order chi connectivity index (χ1) is 9.89. The molecule has 0 aliphatic carbocycles. The smallest absolute Gasteiger partial charge is 0.121 e. The van der Waals surface area contributed by atoms with Crippen molar-refractivity contribution in [3.63, 3.8) is 0 Å². The molecule has 0 fully saturated rings. The maximum absolute atomic E-state index is 5.30. The van der Waals surface area contributed by atoms with Crippen LogP contribution in [0.5, 0.6) is 5.75 Å². The number of rotatable bonds is 5. The van der Waals surface area contributed by atoms with Gasteiger partial charge in [0.1, 0.15) is 5.75 Å². The number of nitrogens with zero attached hydrogens (tertiary/aromatic N) is 1. The Morgan fingerprint density at radius 3 is 2.67 bits per heavy atom. The number of methoxy groups -OCH3 is 1. The molecule has 0 aliphatic heterocycles. The topological polar surface area (TPSA) is 34.1 Å². The fraction of sp³-hybridized carbons (Fsp3) is 0.471. The minimum Gasteiger partial charge on any atom is -0.496 e. The number of aryl methyl sites for hydroxylation is 1. The van der Waals surface area contributed by atoms with Gasteiger partial charge in [-0.05, 0) is 51.5 Å². The largest absolute Gasteiger partial charge is 0.496 e. The summed E-state index contributed by atoms with van der Waals surface area (Å²) in [6.07, 6.45) is 0.969. The Morgan fingerprint density at radius 2 is 2.05 bits per heavy atom. The molecular formula is C17H24N2OS.